The third-order valence-corrected chi connectivity index (χ3v) is 1.93. The Morgan fingerprint density at radius 2 is 2.22 bits per heavy atom. The van der Waals surface area contributed by atoms with Gasteiger partial charge in [0, 0.05) is 0 Å². The second kappa shape index (κ2) is 3.21. The normalized spacial score (nSPS) is 35.3. The molecule has 1 aliphatic heterocycles. The van der Waals surface area contributed by atoms with Gasteiger partial charge in [0.1, 0.15) is 0 Å². The summed E-state index contributed by atoms with van der Waals surface area (Å²) in [5.74, 6) is 0. The smallest absolute Gasteiger partial charge is 0.0579 e. The zero-order valence-corrected chi connectivity index (χ0v) is 6.39. The number of hydrogen-bond acceptors (Lipinski definition) is 1. The molecule has 0 aromatic carbocycles. The van der Waals surface area contributed by atoms with E-state index in [0.717, 1.165) is 0 Å². The summed E-state index contributed by atoms with van der Waals surface area (Å²) in [6, 6.07) is 0. The summed E-state index contributed by atoms with van der Waals surface area (Å²) in [6.07, 6.45) is 6.19. The van der Waals surface area contributed by atoms with E-state index in [0.29, 0.717) is 12.2 Å². The van der Waals surface area contributed by atoms with Crippen LogP contribution in [0.3, 0.4) is 0 Å². The van der Waals surface area contributed by atoms with Crippen LogP contribution in [0.15, 0.2) is 0 Å². The van der Waals surface area contributed by atoms with Crippen LogP contribution in [0, 0.1) is 0 Å². The predicted molar refractivity (Wildman–Crippen MR) is 38.5 cm³/mol. The van der Waals surface area contributed by atoms with Gasteiger partial charge in [-0.05, 0) is 26.2 Å². The highest BCUT2D eigenvalue weighted by atomic mass is 16.5. The van der Waals surface area contributed by atoms with E-state index in [4.69, 9.17) is 4.74 Å². The fraction of sp³-hybridized carbons (Fsp3) is 1.00. The standard InChI is InChI=1S/C8H16O/c1-3-4-8-6-5-7(2)9-8/h7-8H,3-6H2,1-2H3. The predicted octanol–water partition coefficient (Wildman–Crippen LogP) is 2.35. The first-order valence-electron chi connectivity index (χ1n) is 3.98. The zero-order valence-electron chi connectivity index (χ0n) is 6.39. The van der Waals surface area contributed by atoms with Crippen LogP contribution >= 0.6 is 0 Å². The Bertz CT molecular complexity index is 78.6. The Kier molecular flexibility index (Phi) is 2.52. The summed E-state index contributed by atoms with van der Waals surface area (Å²) in [4.78, 5) is 0. The van der Waals surface area contributed by atoms with E-state index >= 15 is 0 Å². The highest BCUT2D eigenvalue weighted by molar-refractivity contribution is 4.69. The van der Waals surface area contributed by atoms with Gasteiger partial charge in [0.05, 0.1) is 12.2 Å². The van der Waals surface area contributed by atoms with Crippen LogP contribution in [0.5, 0.6) is 0 Å². The number of rotatable bonds is 2. The molecule has 1 heteroatoms. The molecule has 0 saturated carbocycles. The third kappa shape index (κ3) is 1.98. The largest absolute Gasteiger partial charge is 0.375 e. The van der Waals surface area contributed by atoms with Gasteiger partial charge in [-0.3, -0.25) is 0 Å². The minimum absolute atomic E-state index is 0.529. The SMILES string of the molecule is CCCC1CCC(C)O1. The molecule has 0 spiro atoms. The molecule has 1 aliphatic rings. The maximum atomic E-state index is 5.60. The molecular weight excluding hydrogens is 112 g/mol. The van der Waals surface area contributed by atoms with Crippen LogP contribution in [0.4, 0.5) is 0 Å². The van der Waals surface area contributed by atoms with E-state index in [9.17, 15) is 0 Å². The van der Waals surface area contributed by atoms with Gasteiger partial charge >= 0.3 is 0 Å². The van der Waals surface area contributed by atoms with Gasteiger partial charge in [0.15, 0.2) is 0 Å². The molecule has 1 fully saturated rings. The Morgan fingerprint density at radius 3 is 2.67 bits per heavy atom. The summed E-state index contributed by atoms with van der Waals surface area (Å²) in [7, 11) is 0. The molecule has 0 amide bonds. The van der Waals surface area contributed by atoms with Crippen molar-refractivity contribution < 1.29 is 4.74 Å². The van der Waals surface area contributed by atoms with Gasteiger partial charge in [0.25, 0.3) is 0 Å². The van der Waals surface area contributed by atoms with E-state index in [1.54, 1.807) is 0 Å². The van der Waals surface area contributed by atoms with E-state index in [1.807, 2.05) is 0 Å². The molecule has 1 heterocycles. The molecular formula is C8H16O. The Hall–Kier alpha value is -0.0400. The van der Waals surface area contributed by atoms with E-state index < -0.39 is 0 Å². The lowest BCUT2D eigenvalue weighted by atomic mass is 10.1. The molecule has 0 radical (unpaired) electrons. The van der Waals surface area contributed by atoms with Crippen molar-refractivity contribution in [1.82, 2.24) is 0 Å². The van der Waals surface area contributed by atoms with E-state index in [1.165, 1.54) is 25.7 Å². The summed E-state index contributed by atoms with van der Waals surface area (Å²) in [5.41, 5.74) is 0. The second-order valence-corrected chi connectivity index (χ2v) is 2.93. The summed E-state index contributed by atoms with van der Waals surface area (Å²) in [6.45, 7) is 4.38. The van der Waals surface area contributed by atoms with Crippen molar-refractivity contribution in [2.45, 2.75) is 51.7 Å². The third-order valence-electron chi connectivity index (χ3n) is 1.93. The first-order valence-corrected chi connectivity index (χ1v) is 3.98. The highest BCUT2D eigenvalue weighted by Gasteiger charge is 2.19. The lowest BCUT2D eigenvalue weighted by Gasteiger charge is -2.07. The fourth-order valence-electron chi connectivity index (χ4n) is 1.42. The maximum absolute atomic E-state index is 5.60. The highest BCUT2D eigenvalue weighted by Crippen LogP contribution is 2.21. The lowest BCUT2D eigenvalue weighted by Crippen LogP contribution is -2.06. The topological polar surface area (TPSA) is 9.23 Å². The average molecular weight is 128 g/mol. The first kappa shape index (κ1) is 7.07. The van der Waals surface area contributed by atoms with Crippen LogP contribution in [0.25, 0.3) is 0 Å². The minimum atomic E-state index is 0.529. The molecule has 1 nitrogen and oxygen atoms in total. The Balaban J connectivity index is 2.14. The van der Waals surface area contributed by atoms with Gasteiger partial charge in [-0.15, -0.1) is 0 Å². The van der Waals surface area contributed by atoms with Crippen molar-refractivity contribution in [1.29, 1.82) is 0 Å². The Labute approximate surface area is 57.4 Å². The molecule has 0 aromatic heterocycles. The van der Waals surface area contributed by atoms with Crippen molar-refractivity contribution in [3.63, 3.8) is 0 Å². The van der Waals surface area contributed by atoms with Crippen LogP contribution in [-0.4, -0.2) is 12.2 Å². The van der Waals surface area contributed by atoms with Gasteiger partial charge in [0.2, 0.25) is 0 Å². The maximum Gasteiger partial charge on any atom is 0.0579 e. The van der Waals surface area contributed by atoms with E-state index in [-0.39, 0.29) is 0 Å². The molecule has 2 atom stereocenters. The quantitative estimate of drug-likeness (QED) is 0.554. The van der Waals surface area contributed by atoms with Crippen LogP contribution in [-0.2, 0) is 4.74 Å². The van der Waals surface area contributed by atoms with Crippen molar-refractivity contribution in [3.05, 3.63) is 0 Å². The molecule has 1 rings (SSSR count). The van der Waals surface area contributed by atoms with Crippen LogP contribution in [0.2, 0.25) is 0 Å². The van der Waals surface area contributed by atoms with Crippen LogP contribution < -0.4 is 0 Å². The molecule has 54 valence electrons. The average Bonchev–Trinajstić information content (AvgIpc) is 2.17. The zero-order chi connectivity index (χ0) is 6.69. The molecule has 0 aliphatic carbocycles. The molecule has 0 aromatic rings. The van der Waals surface area contributed by atoms with Crippen molar-refractivity contribution >= 4 is 0 Å². The van der Waals surface area contributed by atoms with Gasteiger partial charge in [-0.25, -0.2) is 0 Å². The van der Waals surface area contributed by atoms with Crippen molar-refractivity contribution in [2.24, 2.45) is 0 Å². The molecule has 0 bridgehead atoms. The van der Waals surface area contributed by atoms with Crippen LogP contribution in [0.1, 0.15) is 39.5 Å². The monoisotopic (exact) mass is 128 g/mol. The molecule has 1 saturated heterocycles. The van der Waals surface area contributed by atoms with Gasteiger partial charge < -0.3 is 4.74 Å². The fourth-order valence-corrected chi connectivity index (χ4v) is 1.42. The second-order valence-electron chi connectivity index (χ2n) is 2.93. The van der Waals surface area contributed by atoms with Gasteiger partial charge in [-0.2, -0.15) is 0 Å². The summed E-state index contributed by atoms with van der Waals surface area (Å²) >= 11 is 0. The van der Waals surface area contributed by atoms with Crippen molar-refractivity contribution in [3.8, 4) is 0 Å². The number of hydrogen-bond donors (Lipinski definition) is 0. The minimum Gasteiger partial charge on any atom is -0.375 e. The van der Waals surface area contributed by atoms with Crippen molar-refractivity contribution in [2.75, 3.05) is 0 Å². The summed E-state index contributed by atoms with van der Waals surface area (Å²) < 4.78 is 5.60. The van der Waals surface area contributed by atoms with Gasteiger partial charge in [-0.1, -0.05) is 13.3 Å². The number of ether oxygens (including phenoxy) is 1. The molecule has 0 N–H and O–H groups in total. The molecule has 2 unspecified atom stereocenters. The Morgan fingerprint density at radius 1 is 1.44 bits per heavy atom. The lowest BCUT2D eigenvalue weighted by molar-refractivity contribution is 0.0506. The van der Waals surface area contributed by atoms with E-state index in [2.05, 4.69) is 13.8 Å². The molecule has 9 heavy (non-hydrogen) atoms. The summed E-state index contributed by atoms with van der Waals surface area (Å²) in [5, 5.41) is 0. The first-order chi connectivity index (χ1) is 4.33.